The van der Waals surface area contributed by atoms with E-state index in [-0.39, 0.29) is 12.5 Å². The highest BCUT2D eigenvalue weighted by atomic mass is 35.5. The standard InChI is InChI=1S/C14H17ClN2O3/c15-11-5-3-10(4-6-11)8-16-13(18)9-17-7-1-2-12(17)14(19)20/h3-6,12H,1-2,7-9H2,(H,16,18)(H,19,20)/t12-/m0/s1. The van der Waals surface area contributed by atoms with Gasteiger partial charge in [-0.25, -0.2) is 0 Å². The van der Waals surface area contributed by atoms with Gasteiger partial charge in [-0.2, -0.15) is 0 Å². The minimum Gasteiger partial charge on any atom is -0.480 e. The van der Waals surface area contributed by atoms with Crippen LogP contribution in [-0.2, 0) is 16.1 Å². The molecule has 2 N–H and O–H groups in total. The fourth-order valence-electron chi connectivity index (χ4n) is 2.34. The zero-order valence-electron chi connectivity index (χ0n) is 11.0. The average Bonchev–Trinajstić information content (AvgIpc) is 2.86. The molecule has 1 fully saturated rings. The van der Waals surface area contributed by atoms with E-state index in [0.717, 1.165) is 12.0 Å². The Morgan fingerprint density at radius 3 is 2.70 bits per heavy atom. The highest BCUT2D eigenvalue weighted by Crippen LogP contribution is 2.16. The Kier molecular flexibility index (Phi) is 4.98. The van der Waals surface area contributed by atoms with Gasteiger partial charge in [-0.1, -0.05) is 23.7 Å². The van der Waals surface area contributed by atoms with Crippen molar-refractivity contribution in [1.29, 1.82) is 0 Å². The monoisotopic (exact) mass is 296 g/mol. The Bertz CT molecular complexity index is 490. The zero-order chi connectivity index (χ0) is 14.5. The maximum Gasteiger partial charge on any atom is 0.320 e. The molecule has 1 heterocycles. The molecule has 1 aliphatic heterocycles. The van der Waals surface area contributed by atoms with Crippen molar-refractivity contribution in [2.75, 3.05) is 13.1 Å². The van der Waals surface area contributed by atoms with Crippen LogP contribution in [0, 0.1) is 0 Å². The quantitative estimate of drug-likeness (QED) is 0.864. The summed E-state index contributed by atoms with van der Waals surface area (Å²) < 4.78 is 0. The van der Waals surface area contributed by atoms with Gasteiger partial charge >= 0.3 is 5.97 Å². The van der Waals surface area contributed by atoms with E-state index in [9.17, 15) is 9.59 Å². The summed E-state index contributed by atoms with van der Waals surface area (Å²) in [5.41, 5.74) is 0.957. The van der Waals surface area contributed by atoms with Gasteiger partial charge in [0.1, 0.15) is 6.04 Å². The van der Waals surface area contributed by atoms with E-state index in [1.54, 1.807) is 17.0 Å². The lowest BCUT2D eigenvalue weighted by Crippen LogP contribution is -2.42. The molecule has 0 bridgehead atoms. The molecular formula is C14H17ClN2O3. The number of nitrogens with zero attached hydrogens (tertiary/aromatic N) is 1. The largest absolute Gasteiger partial charge is 0.480 e. The topological polar surface area (TPSA) is 69.6 Å². The Morgan fingerprint density at radius 1 is 1.35 bits per heavy atom. The number of rotatable bonds is 5. The number of hydrogen-bond donors (Lipinski definition) is 2. The smallest absolute Gasteiger partial charge is 0.320 e. The van der Waals surface area contributed by atoms with E-state index in [0.29, 0.717) is 24.5 Å². The van der Waals surface area contributed by atoms with Crippen LogP contribution in [-0.4, -0.2) is 41.0 Å². The first kappa shape index (κ1) is 14.8. The van der Waals surface area contributed by atoms with E-state index in [2.05, 4.69) is 5.32 Å². The second-order valence-corrected chi connectivity index (χ2v) is 5.31. The fourth-order valence-corrected chi connectivity index (χ4v) is 2.46. The summed E-state index contributed by atoms with van der Waals surface area (Å²) >= 11 is 5.78. The molecule has 20 heavy (non-hydrogen) atoms. The van der Waals surface area contributed by atoms with Crippen LogP contribution in [0.25, 0.3) is 0 Å². The Labute approximate surface area is 122 Å². The van der Waals surface area contributed by atoms with Crippen LogP contribution >= 0.6 is 11.6 Å². The summed E-state index contributed by atoms with van der Waals surface area (Å²) in [4.78, 5) is 24.6. The van der Waals surface area contributed by atoms with Crippen LogP contribution in [0.15, 0.2) is 24.3 Å². The molecule has 1 aromatic carbocycles. The molecule has 0 spiro atoms. The number of halogens is 1. The summed E-state index contributed by atoms with van der Waals surface area (Å²) in [5.74, 6) is -1.01. The Hall–Kier alpha value is -1.59. The van der Waals surface area contributed by atoms with E-state index in [4.69, 9.17) is 16.7 Å². The summed E-state index contributed by atoms with van der Waals surface area (Å²) in [6.45, 7) is 1.21. The summed E-state index contributed by atoms with van der Waals surface area (Å²) in [6, 6.07) is 6.70. The molecule has 0 aromatic heterocycles. The lowest BCUT2D eigenvalue weighted by Gasteiger charge is -2.20. The number of nitrogens with one attached hydrogen (secondary N) is 1. The molecule has 0 radical (unpaired) electrons. The molecule has 1 atom stereocenters. The highest BCUT2D eigenvalue weighted by Gasteiger charge is 2.31. The van der Waals surface area contributed by atoms with Gasteiger partial charge in [0.15, 0.2) is 0 Å². The van der Waals surface area contributed by atoms with Crippen LogP contribution in [0.3, 0.4) is 0 Å². The second kappa shape index (κ2) is 6.72. The third kappa shape index (κ3) is 3.95. The number of carbonyl (C=O) groups is 2. The first-order valence-corrected chi connectivity index (χ1v) is 6.92. The van der Waals surface area contributed by atoms with Crippen LogP contribution in [0.4, 0.5) is 0 Å². The van der Waals surface area contributed by atoms with E-state index >= 15 is 0 Å². The number of carboxylic acids is 1. The van der Waals surface area contributed by atoms with Crippen molar-refractivity contribution in [2.45, 2.75) is 25.4 Å². The number of carbonyl (C=O) groups excluding carboxylic acids is 1. The van der Waals surface area contributed by atoms with Gasteiger partial charge in [0.2, 0.25) is 5.91 Å². The van der Waals surface area contributed by atoms with E-state index in [1.165, 1.54) is 0 Å². The van der Waals surface area contributed by atoms with Crippen LogP contribution < -0.4 is 5.32 Å². The number of likely N-dealkylation sites (tertiary alicyclic amines) is 1. The van der Waals surface area contributed by atoms with Gasteiger partial charge in [-0.05, 0) is 37.1 Å². The van der Waals surface area contributed by atoms with Crippen molar-refractivity contribution < 1.29 is 14.7 Å². The summed E-state index contributed by atoms with van der Waals surface area (Å²) in [5, 5.41) is 12.5. The van der Waals surface area contributed by atoms with E-state index in [1.807, 2.05) is 12.1 Å². The van der Waals surface area contributed by atoms with Crippen LogP contribution in [0.1, 0.15) is 18.4 Å². The first-order valence-electron chi connectivity index (χ1n) is 6.54. The van der Waals surface area contributed by atoms with Crippen molar-refractivity contribution in [3.8, 4) is 0 Å². The molecule has 1 aromatic rings. The van der Waals surface area contributed by atoms with Crippen LogP contribution in [0.2, 0.25) is 5.02 Å². The third-order valence-electron chi connectivity index (χ3n) is 3.40. The van der Waals surface area contributed by atoms with Gasteiger partial charge in [0, 0.05) is 11.6 Å². The Balaban J connectivity index is 1.80. The van der Waals surface area contributed by atoms with E-state index < -0.39 is 12.0 Å². The Morgan fingerprint density at radius 2 is 2.05 bits per heavy atom. The molecule has 6 heteroatoms. The van der Waals surface area contributed by atoms with Crippen molar-refractivity contribution in [1.82, 2.24) is 10.2 Å². The maximum atomic E-state index is 11.8. The lowest BCUT2D eigenvalue weighted by molar-refractivity contribution is -0.142. The molecule has 5 nitrogen and oxygen atoms in total. The van der Waals surface area contributed by atoms with Gasteiger partial charge in [0.05, 0.1) is 6.54 Å². The van der Waals surface area contributed by atoms with Gasteiger partial charge in [-0.3, -0.25) is 14.5 Å². The minimum atomic E-state index is -0.854. The van der Waals surface area contributed by atoms with Crippen LogP contribution in [0.5, 0.6) is 0 Å². The maximum absolute atomic E-state index is 11.8. The third-order valence-corrected chi connectivity index (χ3v) is 3.65. The van der Waals surface area contributed by atoms with Crippen molar-refractivity contribution in [2.24, 2.45) is 0 Å². The molecule has 0 aliphatic carbocycles. The molecule has 0 saturated carbocycles. The zero-order valence-corrected chi connectivity index (χ0v) is 11.8. The SMILES string of the molecule is O=C(CN1CCC[C@H]1C(=O)O)NCc1ccc(Cl)cc1. The number of carboxylic acid groups (broad SMARTS) is 1. The van der Waals surface area contributed by atoms with Crippen molar-refractivity contribution in [3.05, 3.63) is 34.9 Å². The minimum absolute atomic E-state index is 0.130. The number of aliphatic carboxylic acids is 1. The predicted octanol–water partition coefficient (Wildman–Crippen LogP) is 1.51. The second-order valence-electron chi connectivity index (χ2n) is 4.87. The molecular weight excluding hydrogens is 280 g/mol. The summed E-state index contributed by atoms with van der Waals surface area (Å²) in [6.07, 6.45) is 1.43. The lowest BCUT2D eigenvalue weighted by atomic mass is 10.2. The molecule has 108 valence electrons. The fraction of sp³-hybridized carbons (Fsp3) is 0.429. The van der Waals surface area contributed by atoms with Crippen molar-refractivity contribution in [3.63, 3.8) is 0 Å². The summed E-state index contributed by atoms with van der Waals surface area (Å²) in [7, 11) is 0. The van der Waals surface area contributed by atoms with Gasteiger partial charge in [0.25, 0.3) is 0 Å². The predicted molar refractivity (Wildman–Crippen MR) is 75.5 cm³/mol. The molecule has 1 aliphatic rings. The highest BCUT2D eigenvalue weighted by molar-refractivity contribution is 6.30. The average molecular weight is 297 g/mol. The number of amides is 1. The van der Waals surface area contributed by atoms with Crippen molar-refractivity contribution >= 4 is 23.5 Å². The molecule has 0 unspecified atom stereocenters. The first-order chi connectivity index (χ1) is 9.56. The van der Waals surface area contributed by atoms with Gasteiger partial charge in [-0.15, -0.1) is 0 Å². The normalized spacial score (nSPS) is 18.9. The number of hydrogen-bond acceptors (Lipinski definition) is 3. The van der Waals surface area contributed by atoms with Gasteiger partial charge < -0.3 is 10.4 Å². The molecule has 1 saturated heterocycles. The molecule has 1 amide bonds. The molecule has 2 rings (SSSR count). The number of benzene rings is 1.